The largest absolute Gasteiger partial charge is 0.298 e. The van der Waals surface area contributed by atoms with E-state index in [9.17, 15) is 22.4 Å². The molecule has 9 heteroatoms. The first-order valence-corrected chi connectivity index (χ1v) is 11.6. The highest BCUT2D eigenvalue weighted by Crippen LogP contribution is 2.26. The third-order valence-electron chi connectivity index (χ3n) is 5.93. The summed E-state index contributed by atoms with van der Waals surface area (Å²) in [5, 5.41) is -0.199. The molecule has 1 aromatic heterocycles. The van der Waals surface area contributed by atoms with Gasteiger partial charge in [-0.3, -0.25) is 9.69 Å². The Kier molecular flexibility index (Phi) is 7.45. The Morgan fingerprint density at radius 3 is 2.28 bits per heavy atom. The molecule has 0 radical (unpaired) electrons. The fourth-order valence-electron chi connectivity index (χ4n) is 3.83. The lowest BCUT2D eigenvalue weighted by atomic mass is 10.0. The predicted octanol–water partition coefficient (Wildman–Crippen LogP) is 5.31. The number of rotatable bonds is 6. The minimum Gasteiger partial charge on any atom is -0.298 e. The Bertz CT molecular complexity index is 1400. The van der Waals surface area contributed by atoms with E-state index in [2.05, 4.69) is 4.98 Å². The average molecular weight is 511 g/mol. The number of aromatic nitrogens is 2. The van der Waals surface area contributed by atoms with E-state index in [1.54, 1.807) is 12.1 Å². The average Bonchev–Trinajstić information content (AvgIpc) is 2.89. The molecule has 3 aromatic carbocycles. The lowest BCUT2D eigenvalue weighted by Crippen LogP contribution is -2.32. The molecule has 0 aliphatic rings. The number of hydrogen-bond donors (Lipinski definition) is 0. The van der Waals surface area contributed by atoms with E-state index in [0.717, 1.165) is 5.56 Å². The Morgan fingerprint density at radius 2 is 1.61 bits per heavy atom. The van der Waals surface area contributed by atoms with E-state index in [4.69, 9.17) is 4.98 Å². The van der Waals surface area contributed by atoms with Gasteiger partial charge in [0.2, 0.25) is 5.91 Å². The molecular weight excluding hydrogens is 489 g/mol. The number of benzene rings is 3. The van der Waals surface area contributed by atoms with Crippen LogP contribution >= 0.6 is 9.24 Å². The van der Waals surface area contributed by atoms with Gasteiger partial charge in [-0.2, -0.15) is 0 Å². The topological polar surface area (TPSA) is 46.1 Å². The van der Waals surface area contributed by atoms with E-state index in [-0.39, 0.29) is 34.5 Å². The number of anilines is 1. The zero-order chi connectivity index (χ0) is 26.0. The number of amides is 1. The van der Waals surface area contributed by atoms with Crippen LogP contribution < -0.4 is 10.2 Å². The summed E-state index contributed by atoms with van der Waals surface area (Å²) in [6, 6.07) is 15.3. The van der Waals surface area contributed by atoms with Crippen LogP contribution in [0, 0.1) is 30.2 Å². The third kappa shape index (κ3) is 5.14. The Balaban J connectivity index is 1.71. The van der Waals surface area contributed by atoms with Crippen molar-refractivity contribution in [3.63, 3.8) is 0 Å². The second-order valence-electron chi connectivity index (χ2n) is 8.28. The van der Waals surface area contributed by atoms with Crippen LogP contribution in [0.15, 0.2) is 60.8 Å². The molecule has 0 N–H and O–H groups in total. The van der Waals surface area contributed by atoms with Crippen molar-refractivity contribution in [1.29, 1.82) is 0 Å². The summed E-state index contributed by atoms with van der Waals surface area (Å²) < 4.78 is 55.4. The van der Waals surface area contributed by atoms with Gasteiger partial charge in [-0.1, -0.05) is 30.3 Å². The summed E-state index contributed by atoms with van der Waals surface area (Å²) in [7, 11) is 3.53. The molecule has 184 valence electrons. The fraction of sp³-hybridized carbons (Fsp3) is 0.148. The number of halogens is 4. The lowest BCUT2D eigenvalue weighted by Gasteiger charge is -2.21. The molecule has 0 saturated heterocycles. The van der Waals surface area contributed by atoms with Gasteiger partial charge in [0.15, 0.2) is 23.3 Å². The second kappa shape index (κ2) is 10.5. The molecule has 36 heavy (non-hydrogen) atoms. The second-order valence-corrected chi connectivity index (χ2v) is 8.86. The van der Waals surface area contributed by atoms with Gasteiger partial charge in [-0.05, 0) is 47.9 Å². The number of carbonyl (C=O) groups excluding carboxylic acids is 1. The van der Waals surface area contributed by atoms with E-state index in [1.165, 1.54) is 37.2 Å². The number of likely N-dealkylation sites (N-methyl/N-ethyl adjacent to an activating group) is 1. The maximum Gasteiger partial charge on any atom is 0.232 e. The van der Waals surface area contributed by atoms with Crippen molar-refractivity contribution >= 4 is 26.3 Å². The Labute approximate surface area is 208 Å². The SMILES string of the molecule is Cc1c(F)c(F)c(F)c(P)c1CC(=O)N(C)c1ncc(-c2ccc(F)cc2)nc1Cc1ccccc1. The van der Waals surface area contributed by atoms with Crippen LogP contribution in [0.25, 0.3) is 11.3 Å². The molecule has 0 aliphatic carbocycles. The molecule has 1 atom stereocenters. The summed E-state index contributed by atoms with van der Waals surface area (Å²) in [4.78, 5) is 23.6. The van der Waals surface area contributed by atoms with Crippen LogP contribution in [0.4, 0.5) is 23.4 Å². The van der Waals surface area contributed by atoms with Crippen molar-refractivity contribution in [1.82, 2.24) is 9.97 Å². The standard InChI is InChI=1S/C27H22F4N3OP/c1-15-19(26(36)25(31)24(30)23(15)29)13-22(35)34(2)27-20(12-16-6-4-3-5-7-16)33-21(14-32-27)17-8-10-18(28)11-9-17/h3-11,14H,12-13,36H2,1-2H3. The van der Waals surface area contributed by atoms with Crippen molar-refractivity contribution in [2.75, 3.05) is 11.9 Å². The molecule has 0 fully saturated rings. The molecule has 4 rings (SSSR count). The smallest absolute Gasteiger partial charge is 0.232 e. The molecule has 4 nitrogen and oxygen atoms in total. The van der Waals surface area contributed by atoms with Gasteiger partial charge in [-0.15, -0.1) is 9.24 Å². The highest BCUT2D eigenvalue weighted by atomic mass is 31.0. The van der Waals surface area contributed by atoms with Gasteiger partial charge in [-0.25, -0.2) is 27.5 Å². The molecule has 1 unspecified atom stereocenters. The van der Waals surface area contributed by atoms with Crippen molar-refractivity contribution in [2.45, 2.75) is 19.8 Å². The number of carbonyl (C=O) groups is 1. The summed E-state index contributed by atoms with van der Waals surface area (Å²) in [6.45, 7) is 1.30. The molecule has 0 aliphatic heterocycles. The zero-order valence-corrected chi connectivity index (χ0v) is 20.7. The van der Waals surface area contributed by atoms with Gasteiger partial charge >= 0.3 is 0 Å². The summed E-state index contributed by atoms with van der Waals surface area (Å²) >= 11 is 0. The van der Waals surface area contributed by atoms with Crippen molar-refractivity contribution in [2.24, 2.45) is 0 Å². The molecule has 1 heterocycles. The van der Waals surface area contributed by atoms with Gasteiger partial charge < -0.3 is 0 Å². The maximum atomic E-state index is 14.1. The maximum absolute atomic E-state index is 14.1. The van der Waals surface area contributed by atoms with E-state index in [0.29, 0.717) is 23.4 Å². The first-order chi connectivity index (χ1) is 17.2. The lowest BCUT2D eigenvalue weighted by molar-refractivity contribution is -0.117. The zero-order valence-electron chi connectivity index (χ0n) is 19.5. The van der Waals surface area contributed by atoms with Crippen LogP contribution in [-0.4, -0.2) is 22.9 Å². The van der Waals surface area contributed by atoms with Crippen molar-refractivity contribution in [3.05, 3.63) is 106 Å². The van der Waals surface area contributed by atoms with Gasteiger partial charge in [0.1, 0.15) is 5.82 Å². The normalized spacial score (nSPS) is 11.0. The molecule has 0 spiro atoms. The van der Waals surface area contributed by atoms with Crippen molar-refractivity contribution < 1.29 is 22.4 Å². The van der Waals surface area contributed by atoms with E-state index < -0.39 is 23.4 Å². The van der Waals surface area contributed by atoms with Crippen molar-refractivity contribution in [3.8, 4) is 11.3 Å². The number of hydrogen-bond acceptors (Lipinski definition) is 3. The van der Waals surface area contributed by atoms with Crippen LogP contribution in [-0.2, 0) is 17.6 Å². The first kappa shape index (κ1) is 25.5. The molecule has 4 aromatic rings. The fourth-order valence-corrected chi connectivity index (χ4v) is 4.28. The molecule has 1 amide bonds. The summed E-state index contributed by atoms with van der Waals surface area (Å²) in [5.74, 6) is -4.87. The molecule has 0 bridgehead atoms. The molecular formula is C27H22F4N3OP. The van der Waals surface area contributed by atoms with E-state index in [1.807, 2.05) is 39.6 Å². The van der Waals surface area contributed by atoms with Crippen LogP contribution in [0.5, 0.6) is 0 Å². The highest BCUT2D eigenvalue weighted by molar-refractivity contribution is 7.27. The van der Waals surface area contributed by atoms with E-state index >= 15 is 0 Å². The van der Waals surface area contributed by atoms with Crippen LogP contribution in [0.1, 0.15) is 22.4 Å². The Morgan fingerprint density at radius 1 is 0.944 bits per heavy atom. The summed E-state index contributed by atoms with van der Waals surface area (Å²) in [6.07, 6.45) is 1.45. The quantitative estimate of drug-likeness (QED) is 0.200. The van der Waals surface area contributed by atoms with Gasteiger partial charge in [0.05, 0.1) is 24.0 Å². The third-order valence-corrected chi connectivity index (χ3v) is 6.53. The van der Waals surface area contributed by atoms with Gasteiger partial charge in [0, 0.05) is 24.3 Å². The monoisotopic (exact) mass is 511 g/mol. The number of nitrogens with zero attached hydrogens (tertiary/aromatic N) is 3. The highest BCUT2D eigenvalue weighted by Gasteiger charge is 2.25. The van der Waals surface area contributed by atoms with Crippen LogP contribution in [0.2, 0.25) is 0 Å². The summed E-state index contributed by atoms with van der Waals surface area (Å²) in [5.41, 5.74) is 2.47. The first-order valence-electron chi connectivity index (χ1n) is 11.0. The molecule has 0 saturated carbocycles. The predicted molar refractivity (Wildman–Crippen MR) is 134 cm³/mol. The Hall–Kier alpha value is -3.64. The van der Waals surface area contributed by atoms with Crippen LogP contribution in [0.3, 0.4) is 0 Å². The van der Waals surface area contributed by atoms with Gasteiger partial charge in [0.25, 0.3) is 0 Å². The minimum atomic E-state index is -1.57. The minimum absolute atomic E-state index is 0.0498.